The average Bonchev–Trinajstić information content (AvgIpc) is 3.09. The number of fused-ring (bicyclic) bond motifs is 1. The molecule has 0 bridgehead atoms. The lowest BCUT2D eigenvalue weighted by Gasteiger charge is -2.19. The Labute approximate surface area is 165 Å². The van der Waals surface area contributed by atoms with Crippen LogP contribution in [0.4, 0.5) is 5.82 Å². The van der Waals surface area contributed by atoms with Gasteiger partial charge in [0.1, 0.15) is 5.02 Å². The lowest BCUT2D eigenvalue weighted by Crippen LogP contribution is -2.31. The topological polar surface area (TPSA) is 55.2 Å². The first-order valence-electron chi connectivity index (χ1n) is 8.51. The Bertz CT molecular complexity index is 852. The van der Waals surface area contributed by atoms with Gasteiger partial charge in [-0.25, -0.2) is 4.90 Å². The van der Waals surface area contributed by atoms with Gasteiger partial charge in [-0.2, -0.15) is 5.10 Å². The van der Waals surface area contributed by atoms with Gasteiger partial charge in [-0.1, -0.05) is 53.7 Å². The number of amides is 2. The van der Waals surface area contributed by atoms with E-state index in [9.17, 15) is 9.59 Å². The SMILES string of the molecule is O=C1C2CCCCC2C(=O)N1c1nn(Cc2c(Cl)cccc2Cl)cc1Cl. The molecule has 2 atom stereocenters. The number of hydrogen-bond acceptors (Lipinski definition) is 3. The van der Waals surface area contributed by atoms with Crippen LogP contribution in [0.5, 0.6) is 0 Å². The number of rotatable bonds is 3. The molecule has 136 valence electrons. The molecule has 0 spiro atoms. The van der Waals surface area contributed by atoms with Crippen molar-refractivity contribution < 1.29 is 9.59 Å². The van der Waals surface area contributed by atoms with Gasteiger partial charge in [0.25, 0.3) is 0 Å². The Hall–Kier alpha value is -1.56. The van der Waals surface area contributed by atoms with E-state index in [1.54, 1.807) is 29.1 Å². The molecule has 2 amide bonds. The monoisotopic (exact) mass is 411 g/mol. The molecule has 1 aromatic carbocycles. The number of imide groups is 1. The number of benzene rings is 1. The van der Waals surface area contributed by atoms with Crippen LogP contribution in [0.25, 0.3) is 0 Å². The van der Waals surface area contributed by atoms with Gasteiger partial charge in [0.2, 0.25) is 11.8 Å². The molecule has 2 heterocycles. The summed E-state index contributed by atoms with van der Waals surface area (Å²) in [6.07, 6.45) is 5.03. The van der Waals surface area contributed by atoms with Crippen LogP contribution >= 0.6 is 34.8 Å². The minimum Gasteiger partial charge on any atom is -0.274 e. The predicted octanol–water partition coefficient (Wildman–Crippen LogP) is 4.57. The highest BCUT2D eigenvalue weighted by molar-refractivity contribution is 6.36. The Balaban J connectivity index is 1.65. The zero-order valence-corrected chi connectivity index (χ0v) is 16.1. The van der Waals surface area contributed by atoms with Gasteiger partial charge in [0, 0.05) is 21.8 Å². The lowest BCUT2D eigenvalue weighted by atomic mass is 9.81. The molecule has 0 radical (unpaired) electrons. The van der Waals surface area contributed by atoms with E-state index in [-0.39, 0.29) is 34.5 Å². The van der Waals surface area contributed by atoms with E-state index in [4.69, 9.17) is 34.8 Å². The summed E-state index contributed by atoms with van der Waals surface area (Å²) in [6.45, 7) is 0.293. The van der Waals surface area contributed by atoms with E-state index in [1.165, 1.54) is 0 Å². The minimum atomic E-state index is -0.240. The summed E-state index contributed by atoms with van der Waals surface area (Å²) in [5, 5.41) is 5.67. The number of carbonyl (C=O) groups is 2. The molecule has 8 heteroatoms. The third-order valence-corrected chi connectivity index (χ3v) is 6.11. The molecule has 2 fully saturated rings. The van der Waals surface area contributed by atoms with Crippen LogP contribution in [0.15, 0.2) is 24.4 Å². The third-order valence-electron chi connectivity index (χ3n) is 5.13. The molecule has 4 rings (SSSR count). The summed E-state index contributed by atoms with van der Waals surface area (Å²) < 4.78 is 1.55. The summed E-state index contributed by atoms with van der Waals surface area (Å²) in [5.74, 6) is -0.671. The first kappa shape index (κ1) is 17.8. The molecular weight excluding hydrogens is 397 g/mol. The molecule has 2 aliphatic rings. The van der Waals surface area contributed by atoms with Crippen LogP contribution in [0.2, 0.25) is 15.1 Å². The molecule has 5 nitrogen and oxygen atoms in total. The molecule has 1 aliphatic carbocycles. The fraction of sp³-hybridized carbons (Fsp3) is 0.389. The van der Waals surface area contributed by atoms with Crippen molar-refractivity contribution >= 4 is 52.4 Å². The molecule has 1 saturated carbocycles. The largest absolute Gasteiger partial charge is 0.274 e. The summed E-state index contributed by atoms with van der Waals surface area (Å²) in [4.78, 5) is 26.6. The molecule has 26 heavy (non-hydrogen) atoms. The van der Waals surface area contributed by atoms with Crippen molar-refractivity contribution in [3.05, 3.63) is 45.0 Å². The quantitative estimate of drug-likeness (QED) is 0.694. The van der Waals surface area contributed by atoms with E-state index in [2.05, 4.69) is 5.10 Å². The van der Waals surface area contributed by atoms with Crippen LogP contribution in [0, 0.1) is 11.8 Å². The molecule has 1 aromatic heterocycles. The maximum atomic E-state index is 12.7. The van der Waals surface area contributed by atoms with Gasteiger partial charge in [-0.15, -0.1) is 0 Å². The lowest BCUT2D eigenvalue weighted by molar-refractivity contribution is -0.122. The van der Waals surface area contributed by atoms with Crippen LogP contribution in [-0.2, 0) is 16.1 Å². The fourth-order valence-electron chi connectivity index (χ4n) is 3.84. The van der Waals surface area contributed by atoms with Crippen LogP contribution in [0.1, 0.15) is 31.2 Å². The van der Waals surface area contributed by atoms with E-state index in [1.807, 2.05) is 0 Å². The van der Waals surface area contributed by atoms with E-state index >= 15 is 0 Å². The number of carbonyl (C=O) groups excluding carboxylic acids is 2. The van der Waals surface area contributed by atoms with Crippen molar-refractivity contribution in [2.75, 3.05) is 4.90 Å². The summed E-state index contributed by atoms with van der Waals surface area (Å²) in [6, 6.07) is 5.25. The van der Waals surface area contributed by atoms with E-state index in [0.29, 0.717) is 22.2 Å². The normalized spacial score (nSPS) is 22.8. The first-order valence-corrected chi connectivity index (χ1v) is 9.64. The second-order valence-corrected chi connectivity index (χ2v) is 7.93. The molecule has 1 saturated heterocycles. The van der Waals surface area contributed by atoms with E-state index < -0.39 is 0 Å². The maximum Gasteiger partial charge on any atom is 0.238 e. The van der Waals surface area contributed by atoms with Crippen LogP contribution in [-0.4, -0.2) is 21.6 Å². The number of hydrogen-bond donors (Lipinski definition) is 0. The van der Waals surface area contributed by atoms with Crippen molar-refractivity contribution in [1.29, 1.82) is 0 Å². The summed E-state index contributed by atoms with van der Waals surface area (Å²) in [5.41, 5.74) is 0.703. The van der Waals surface area contributed by atoms with Crippen LogP contribution in [0.3, 0.4) is 0 Å². The Morgan fingerprint density at radius 2 is 1.54 bits per heavy atom. The Kier molecular flexibility index (Phi) is 4.71. The first-order chi connectivity index (χ1) is 12.5. The fourth-order valence-corrected chi connectivity index (χ4v) is 4.59. The van der Waals surface area contributed by atoms with Crippen LogP contribution < -0.4 is 4.90 Å². The van der Waals surface area contributed by atoms with Gasteiger partial charge in [0.15, 0.2) is 5.82 Å². The smallest absolute Gasteiger partial charge is 0.238 e. The highest BCUT2D eigenvalue weighted by atomic mass is 35.5. The number of halogens is 3. The van der Waals surface area contributed by atoms with Crippen molar-refractivity contribution in [3.63, 3.8) is 0 Å². The second kappa shape index (κ2) is 6.87. The van der Waals surface area contributed by atoms with Gasteiger partial charge in [-0.05, 0) is 25.0 Å². The molecule has 1 aliphatic heterocycles. The van der Waals surface area contributed by atoms with Crippen molar-refractivity contribution in [1.82, 2.24) is 9.78 Å². The Morgan fingerprint density at radius 3 is 2.12 bits per heavy atom. The highest BCUT2D eigenvalue weighted by Gasteiger charge is 2.50. The number of anilines is 1. The molecule has 0 N–H and O–H groups in total. The van der Waals surface area contributed by atoms with E-state index in [0.717, 1.165) is 30.6 Å². The molecule has 2 aromatic rings. The van der Waals surface area contributed by atoms with Crippen molar-refractivity contribution in [3.8, 4) is 0 Å². The van der Waals surface area contributed by atoms with Gasteiger partial charge in [-0.3, -0.25) is 14.3 Å². The summed E-state index contributed by atoms with van der Waals surface area (Å²) >= 11 is 18.7. The van der Waals surface area contributed by atoms with Gasteiger partial charge in [0.05, 0.1) is 18.4 Å². The molecule has 2 unspecified atom stereocenters. The predicted molar refractivity (Wildman–Crippen MR) is 101 cm³/mol. The molecular formula is C18H16Cl3N3O2. The average molecular weight is 413 g/mol. The van der Waals surface area contributed by atoms with Crippen molar-refractivity contribution in [2.45, 2.75) is 32.2 Å². The van der Waals surface area contributed by atoms with Gasteiger partial charge < -0.3 is 0 Å². The zero-order chi connectivity index (χ0) is 18.4. The van der Waals surface area contributed by atoms with Crippen molar-refractivity contribution in [2.24, 2.45) is 11.8 Å². The third kappa shape index (κ3) is 2.92. The zero-order valence-electron chi connectivity index (χ0n) is 13.8. The highest BCUT2D eigenvalue weighted by Crippen LogP contribution is 2.41. The second-order valence-electron chi connectivity index (χ2n) is 6.71. The van der Waals surface area contributed by atoms with Gasteiger partial charge >= 0.3 is 0 Å². The number of nitrogens with zero attached hydrogens (tertiary/aromatic N) is 3. The summed E-state index contributed by atoms with van der Waals surface area (Å²) in [7, 11) is 0. The maximum absolute atomic E-state index is 12.7. The standard InChI is InChI=1S/C18H16Cl3N3O2/c19-13-6-3-7-14(20)12(13)8-23-9-15(21)16(22-23)24-17(25)10-4-1-2-5-11(10)18(24)26/h3,6-7,9-11H,1-2,4-5,8H2. The number of aromatic nitrogens is 2. The minimum absolute atomic E-state index is 0.192. The Morgan fingerprint density at radius 1 is 0.962 bits per heavy atom.